The Balaban J connectivity index is 1.58. The fourth-order valence-electron chi connectivity index (χ4n) is 4.64. The van der Waals surface area contributed by atoms with Gasteiger partial charge in [-0.05, 0) is 59.5 Å². The first-order chi connectivity index (χ1) is 19.2. The van der Waals surface area contributed by atoms with Crippen molar-refractivity contribution >= 4 is 34.1 Å². The van der Waals surface area contributed by atoms with Gasteiger partial charge in [-0.1, -0.05) is 52.2 Å². The van der Waals surface area contributed by atoms with E-state index in [0.29, 0.717) is 44.4 Å². The number of aromatic nitrogens is 4. The molecule has 1 fully saturated rings. The van der Waals surface area contributed by atoms with E-state index in [9.17, 15) is 0 Å². The lowest BCUT2D eigenvalue weighted by Gasteiger charge is -2.25. The predicted molar refractivity (Wildman–Crippen MR) is 160 cm³/mol. The summed E-state index contributed by atoms with van der Waals surface area (Å²) in [4.78, 5) is 9.18. The van der Waals surface area contributed by atoms with Crippen LogP contribution in [0.2, 0.25) is 0 Å². The molecular formula is C29H42IN5O4. The molecule has 1 aliphatic heterocycles. The van der Waals surface area contributed by atoms with Crippen molar-refractivity contribution in [3.63, 3.8) is 0 Å². The Morgan fingerprint density at radius 2 is 1.72 bits per heavy atom. The standard InChI is InChI=1S/C29H42IN5O4/c1-4-7-13-36-19-24-26(37-14-8-5-2)27(38-15-9-6-3)25(39-24)23-18-32-29-28(33-20-34-35(23)29)31-17-21-11-10-12-22(30)16-21/h10-12,16,18,20,24-27H,4-9,13-15,17,19H2,1-3H3,(H,31,33,34)/t24-,25+,26-,27+/m1/s1. The predicted octanol–water partition coefficient (Wildman–Crippen LogP) is 5.97. The van der Waals surface area contributed by atoms with Crippen LogP contribution < -0.4 is 5.32 Å². The molecule has 0 bridgehead atoms. The van der Waals surface area contributed by atoms with Gasteiger partial charge in [0.15, 0.2) is 11.5 Å². The zero-order valence-electron chi connectivity index (χ0n) is 23.4. The van der Waals surface area contributed by atoms with Crippen molar-refractivity contribution in [1.29, 1.82) is 0 Å². The second-order valence-corrected chi connectivity index (χ2v) is 11.2. The minimum Gasteiger partial charge on any atom is -0.379 e. The number of ether oxygens (including phenoxy) is 4. The molecule has 4 atom stereocenters. The van der Waals surface area contributed by atoms with Gasteiger partial charge in [0.1, 0.15) is 30.7 Å². The van der Waals surface area contributed by atoms with Gasteiger partial charge < -0.3 is 24.3 Å². The number of halogens is 1. The molecule has 1 N–H and O–H groups in total. The van der Waals surface area contributed by atoms with Gasteiger partial charge in [-0.2, -0.15) is 5.10 Å². The van der Waals surface area contributed by atoms with Gasteiger partial charge in [-0.25, -0.2) is 14.5 Å². The third-order valence-corrected chi connectivity index (χ3v) is 7.49. The Bertz CT molecular complexity index is 1150. The van der Waals surface area contributed by atoms with Gasteiger partial charge in [0.25, 0.3) is 0 Å². The Kier molecular flexibility index (Phi) is 12.2. The molecule has 4 rings (SSSR count). The summed E-state index contributed by atoms with van der Waals surface area (Å²) in [5.41, 5.74) is 2.65. The van der Waals surface area contributed by atoms with Crippen LogP contribution in [0.5, 0.6) is 0 Å². The zero-order valence-corrected chi connectivity index (χ0v) is 25.5. The molecule has 0 amide bonds. The Labute approximate surface area is 245 Å². The van der Waals surface area contributed by atoms with Crippen LogP contribution in [0, 0.1) is 3.57 Å². The molecule has 1 aromatic carbocycles. The Morgan fingerprint density at radius 1 is 0.974 bits per heavy atom. The topological polar surface area (TPSA) is 92.0 Å². The fourth-order valence-corrected chi connectivity index (χ4v) is 5.25. The normalized spacial score (nSPS) is 21.1. The number of hydrogen-bond acceptors (Lipinski definition) is 8. The molecule has 3 aromatic rings. The van der Waals surface area contributed by atoms with E-state index < -0.39 is 0 Å². The number of rotatable bonds is 17. The van der Waals surface area contributed by atoms with Crippen molar-refractivity contribution in [2.75, 3.05) is 31.7 Å². The van der Waals surface area contributed by atoms with Gasteiger partial charge in [0.05, 0.1) is 18.5 Å². The molecule has 9 nitrogen and oxygen atoms in total. The minimum atomic E-state index is -0.387. The lowest BCUT2D eigenvalue weighted by Crippen LogP contribution is -2.38. The number of imidazole rings is 1. The number of fused-ring (bicyclic) bond motifs is 1. The van der Waals surface area contributed by atoms with E-state index in [2.05, 4.69) is 83.0 Å². The average Bonchev–Trinajstić information content (AvgIpc) is 3.52. The van der Waals surface area contributed by atoms with Gasteiger partial charge >= 0.3 is 0 Å². The van der Waals surface area contributed by atoms with Crippen LogP contribution in [0.1, 0.15) is 76.7 Å². The van der Waals surface area contributed by atoms with E-state index in [1.807, 2.05) is 10.7 Å². The lowest BCUT2D eigenvalue weighted by molar-refractivity contribution is -0.0795. The molecule has 0 saturated carbocycles. The molecule has 10 heteroatoms. The average molecular weight is 652 g/mol. The molecule has 39 heavy (non-hydrogen) atoms. The van der Waals surface area contributed by atoms with Crippen molar-refractivity contribution < 1.29 is 18.9 Å². The number of hydrogen-bond donors (Lipinski definition) is 1. The highest BCUT2D eigenvalue weighted by molar-refractivity contribution is 14.1. The summed E-state index contributed by atoms with van der Waals surface area (Å²) in [6.07, 6.45) is 8.45. The highest BCUT2D eigenvalue weighted by atomic mass is 127. The third kappa shape index (κ3) is 8.09. The van der Waals surface area contributed by atoms with Crippen molar-refractivity contribution in [3.8, 4) is 0 Å². The van der Waals surface area contributed by atoms with Crippen LogP contribution in [-0.4, -0.2) is 64.3 Å². The minimum absolute atomic E-state index is 0.231. The van der Waals surface area contributed by atoms with Crippen molar-refractivity contribution in [1.82, 2.24) is 19.6 Å². The van der Waals surface area contributed by atoms with E-state index in [1.54, 1.807) is 6.33 Å². The van der Waals surface area contributed by atoms with Crippen LogP contribution in [0.3, 0.4) is 0 Å². The van der Waals surface area contributed by atoms with Crippen LogP contribution in [0.25, 0.3) is 5.65 Å². The number of anilines is 1. The maximum Gasteiger partial charge on any atom is 0.197 e. The summed E-state index contributed by atoms with van der Waals surface area (Å²) < 4.78 is 28.5. The summed E-state index contributed by atoms with van der Waals surface area (Å²) >= 11 is 2.32. The van der Waals surface area contributed by atoms with Crippen molar-refractivity contribution in [2.45, 2.75) is 90.3 Å². The molecule has 0 aliphatic carbocycles. The molecule has 3 heterocycles. The van der Waals surface area contributed by atoms with E-state index >= 15 is 0 Å². The van der Waals surface area contributed by atoms with E-state index in [4.69, 9.17) is 23.9 Å². The smallest absolute Gasteiger partial charge is 0.197 e. The number of unbranched alkanes of at least 4 members (excludes halogenated alkanes) is 3. The second kappa shape index (κ2) is 15.8. The number of nitrogens with zero attached hydrogens (tertiary/aromatic N) is 4. The SMILES string of the molecule is CCCCOC[C@H]1O[C@@H](c2cnc3c(NCc4cccc(I)c4)ncnn23)[C@H](OCCCC)[C@@H]1OCCCC. The molecular weight excluding hydrogens is 609 g/mol. The first-order valence-electron chi connectivity index (χ1n) is 14.3. The van der Waals surface area contributed by atoms with E-state index in [1.165, 1.54) is 9.13 Å². The number of benzene rings is 1. The maximum atomic E-state index is 6.65. The van der Waals surface area contributed by atoms with Gasteiger partial charge in [0.2, 0.25) is 0 Å². The maximum absolute atomic E-state index is 6.65. The van der Waals surface area contributed by atoms with Crippen LogP contribution in [0.4, 0.5) is 5.82 Å². The molecule has 1 aliphatic rings. The molecule has 0 spiro atoms. The summed E-state index contributed by atoms with van der Waals surface area (Å²) in [6, 6.07) is 8.38. The van der Waals surface area contributed by atoms with Crippen LogP contribution >= 0.6 is 22.6 Å². The van der Waals surface area contributed by atoms with E-state index in [-0.39, 0.29) is 24.4 Å². The summed E-state index contributed by atoms with van der Waals surface area (Å²) in [7, 11) is 0. The van der Waals surface area contributed by atoms with Crippen molar-refractivity contribution in [2.24, 2.45) is 0 Å². The van der Waals surface area contributed by atoms with E-state index in [0.717, 1.165) is 44.2 Å². The Morgan fingerprint density at radius 3 is 2.46 bits per heavy atom. The molecule has 0 unspecified atom stereocenters. The Hall–Kier alpha value is -1.86. The largest absolute Gasteiger partial charge is 0.379 e. The van der Waals surface area contributed by atoms with Crippen molar-refractivity contribution in [3.05, 3.63) is 51.6 Å². The molecule has 2 aromatic heterocycles. The van der Waals surface area contributed by atoms with Gasteiger partial charge in [0, 0.05) is 29.9 Å². The molecule has 0 radical (unpaired) electrons. The third-order valence-electron chi connectivity index (χ3n) is 6.82. The first-order valence-corrected chi connectivity index (χ1v) is 15.4. The number of nitrogens with one attached hydrogen (secondary N) is 1. The van der Waals surface area contributed by atoms with Crippen LogP contribution in [-0.2, 0) is 25.5 Å². The monoisotopic (exact) mass is 651 g/mol. The second-order valence-electron chi connectivity index (χ2n) is 9.91. The van der Waals surface area contributed by atoms with Gasteiger partial charge in [-0.3, -0.25) is 0 Å². The molecule has 214 valence electrons. The summed E-state index contributed by atoms with van der Waals surface area (Å²) in [6.45, 7) is 9.62. The van der Waals surface area contributed by atoms with Gasteiger partial charge in [-0.15, -0.1) is 0 Å². The first kappa shape index (κ1) is 30.1. The lowest BCUT2D eigenvalue weighted by atomic mass is 10.1. The quantitative estimate of drug-likeness (QED) is 0.141. The van der Waals surface area contributed by atoms with Crippen LogP contribution in [0.15, 0.2) is 36.8 Å². The highest BCUT2D eigenvalue weighted by Crippen LogP contribution is 2.38. The summed E-state index contributed by atoms with van der Waals surface area (Å²) in [5.74, 6) is 0.673. The fraction of sp³-hybridized carbons (Fsp3) is 0.621. The zero-order chi connectivity index (χ0) is 27.5. The highest BCUT2D eigenvalue weighted by Gasteiger charge is 2.48. The summed E-state index contributed by atoms with van der Waals surface area (Å²) in [5, 5.41) is 7.98. The molecule has 1 saturated heterocycles.